The number of hydrogen-bond acceptors (Lipinski definition) is 3. The second kappa shape index (κ2) is 6.46. The number of nitrogens with two attached hydrogens (primary N) is 1. The molecule has 3 unspecified atom stereocenters. The molecule has 1 aliphatic heterocycles. The molecule has 1 heterocycles. The van der Waals surface area contributed by atoms with Crippen LogP contribution >= 0.6 is 12.2 Å². The average Bonchev–Trinajstić information content (AvgIpc) is 2.77. The first kappa shape index (κ1) is 14.4. The van der Waals surface area contributed by atoms with E-state index in [1.54, 1.807) is 0 Å². The lowest BCUT2D eigenvalue weighted by Gasteiger charge is -2.29. The van der Waals surface area contributed by atoms with E-state index in [2.05, 4.69) is 24.0 Å². The Balaban J connectivity index is 2.12. The number of aliphatic hydroxyl groups is 1. The van der Waals surface area contributed by atoms with Crippen molar-refractivity contribution in [2.45, 2.75) is 25.3 Å². The zero-order valence-electron chi connectivity index (χ0n) is 11.3. The molecule has 1 fully saturated rings. The Hall–Kier alpha value is -0.970. The van der Waals surface area contributed by atoms with Crippen molar-refractivity contribution in [3.63, 3.8) is 0 Å². The maximum atomic E-state index is 9.52. The molecule has 0 amide bonds. The molecule has 0 bridgehead atoms. The van der Waals surface area contributed by atoms with E-state index in [9.17, 15) is 5.11 Å². The Bertz CT molecular complexity index is 423. The van der Waals surface area contributed by atoms with Gasteiger partial charge >= 0.3 is 0 Å². The number of rotatable bonds is 5. The SMILES string of the molecule is CC1CCN(CC(C(N)=S)c2ccccc2)C1CO. The van der Waals surface area contributed by atoms with Crippen molar-refractivity contribution in [1.82, 2.24) is 4.90 Å². The second-order valence-corrected chi connectivity index (χ2v) is 5.85. The van der Waals surface area contributed by atoms with Gasteiger partial charge in [0.15, 0.2) is 0 Å². The molecule has 19 heavy (non-hydrogen) atoms. The average molecular weight is 278 g/mol. The number of hydrogen-bond donors (Lipinski definition) is 2. The highest BCUT2D eigenvalue weighted by atomic mass is 32.1. The highest BCUT2D eigenvalue weighted by Gasteiger charge is 2.32. The number of benzene rings is 1. The zero-order valence-corrected chi connectivity index (χ0v) is 12.1. The summed E-state index contributed by atoms with van der Waals surface area (Å²) in [5.41, 5.74) is 7.07. The first-order valence-corrected chi connectivity index (χ1v) is 7.23. The van der Waals surface area contributed by atoms with Crippen LogP contribution in [0.1, 0.15) is 24.8 Å². The molecule has 0 aliphatic carbocycles. The second-order valence-electron chi connectivity index (χ2n) is 5.38. The van der Waals surface area contributed by atoms with Crippen LogP contribution in [-0.4, -0.2) is 40.7 Å². The number of likely N-dealkylation sites (tertiary alicyclic amines) is 1. The zero-order chi connectivity index (χ0) is 13.8. The van der Waals surface area contributed by atoms with Gasteiger partial charge in [0.2, 0.25) is 0 Å². The Kier molecular flexibility index (Phi) is 4.91. The van der Waals surface area contributed by atoms with Crippen molar-refractivity contribution >= 4 is 17.2 Å². The Morgan fingerprint density at radius 2 is 2.16 bits per heavy atom. The van der Waals surface area contributed by atoms with Crippen LogP contribution in [0.2, 0.25) is 0 Å². The van der Waals surface area contributed by atoms with E-state index in [1.807, 2.05) is 18.2 Å². The van der Waals surface area contributed by atoms with Crippen LogP contribution in [0.4, 0.5) is 0 Å². The highest BCUT2D eigenvalue weighted by Crippen LogP contribution is 2.27. The minimum absolute atomic E-state index is 0.0653. The van der Waals surface area contributed by atoms with Crippen LogP contribution in [0, 0.1) is 5.92 Å². The van der Waals surface area contributed by atoms with E-state index in [0.717, 1.165) is 25.1 Å². The van der Waals surface area contributed by atoms with Crippen molar-refractivity contribution in [2.24, 2.45) is 11.7 Å². The van der Waals surface area contributed by atoms with Gasteiger partial charge in [0.25, 0.3) is 0 Å². The number of thiocarbonyl (C=S) groups is 1. The maximum absolute atomic E-state index is 9.52. The summed E-state index contributed by atoms with van der Waals surface area (Å²) in [6, 6.07) is 10.4. The fourth-order valence-electron chi connectivity index (χ4n) is 2.89. The summed E-state index contributed by atoms with van der Waals surface area (Å²) in [6.45, 7) is 4.21. The fourth-order valence-corrected chi connectivity index (χ4v) is 3.10. The van der Waals surface area contributed by atoms with Gasteiger partial charge in [0.05, 0.1) is 11.6 Å². The summed E-state index contributed by atoms with van der Waals surface area (Å²) < 4.78 is 0. The van der Waals surface area contributed by atoms with Gasteiger partial charge in [-0.15, -0.1) is 0 Å². The molecule has 3 atom stereocenters. The third-order valence-corrected chi connectivity index (χ3v) is 4.43. The molecule has 3 nitrogen and oxygen atoms in total. The molecule has 1 saturated heterocycles. The summed E-state index contributed by atoms with van der Waals surface area (Å²) in [6.07, 6.45) is 1.13. The van der Waals surface area contributed by atoms with Gasteiger partial charge in [-0.3, -0.25) is 4.90 Å². The fraction of sp³-hybridized carbons (Fsp3) is 0.533. The van der Waals surface area contributed by atoms with Gasteiger partial charge in [-0.25, -0.2) is 0 Å². The van der Waals surface area contributed by atoms with E-state index in [1.165, 1.54) is 0 Å². The molecule has 0 aromatic heterocycles. The summed E-state index contributed by atoms with van der Waals surface area (Å²) in [4.78, 5) is 2.85. The first-order valence-electron chi connectivity index (χ1n) is 6.82. The third-order valence-electron chi connectivity index (χ3n) is 4.15. The molecule has 1 aromatic carbocycles. The number of nitrogens with zero attached hydrogens (tertiary/aromatic N) is 1. The Morgan fingerprint density at radius 3 is 2.74 bits per heavy atom. The molecule has 1 aliphatic rings. The van der Waals surface area contributed by atoms with Crippen LogP contribution < -0.4 is 5.73 Å². The first-order chi connectivity index (χ1) is 9.13. The minimum Gasteiger partial charge on any atom is -0.395 e. The predicted molar refractivity (Wildman–Crippen MR) is 82.2 cm³/mol. The van der Waals surface area contributed by atoms with E-state index >= 15 is 0 Å². The van der Waals surface area contributed by atoms with Gasteiger partial charge in [0.1, 0.15) is 0 Å². The molecule has 1 aromatic rings. The van der Waals surface area contributed by atoms with Gasteiger partial charge < -0.3 is 10.8 Å². The Labute approximate surface area is 120 Å². The largest absolute Gasteiger partial charge is 0.395 e. The summed E-state index contributed by atoms with van der Waals surface area (Å²) in [5, 5.41) is 9.52. The predicted octanol–water partition coefficient (Wildman–Crippen LogP) is 1.76. The lowest BCUT2D eigenvalue weighted by molar-refractivity contribution is 0.138. The van der Waals surface area contributed by atoms with Crippen LogP contribution in [0.3, 0.4) is 0 Å². The van der Waals surface area contributed by atoms with E-state index in [0.29, 0.717) is 10.9 Å². The van der Waals surface area contributed by atoms with Crippen molar-refractivity contribution in [3.8, 4) is 0 Å². The van der Waals surface area contributed by atoms with Crippen molar-refractivity contribution in [1.29, 1.82) is 0 Å². The quantitative estimate of drug-likeness (QED) is 0.806. The monoisotopic (exact) mass is 278 g/mol. The molecule has 0 saturated carbocycles. The van der Waals surface area contributed by atoms with Gasteiger partial charge in [0, 0.05) is 18.5 Å². The van der Waals surface area contributed by atoms with Gasteiger partial charge in [-0.05, 0) is 24.4 Å². The van der Waals surface area contributed by atoms with Gasteiger partial charge in [-0.1, -0.05) is 49.5 Å². The molecule has 104 valence electrons. The highest BCUT2D eigenvalue weighted by molar-refractivity contribution is 7.80. The van der Waals surface area contributed by atoms with Crippen LogP contribution in [0.25, 0.3) is 0 Å². The summed E-state index contributed by atoms with van der Waals surface area (Å²) in [7, 11) is 0. The lowest BCUT2D eigenvalue weighted by Crippen LogP contribution is -2.40. The molecule has 2 rings (SSSR count). The van der Waals surface area contributed by atoms with E-state index in [-0.39, 0.29) is 18.6 Å². The Morgan fingerprint density at radius 1 is 1.47 bits per heavy atom. The minimum atomic E-state index is 0.0653. The van der Waals surface area contributed by atoms with Crippen molar-refractivity contribution < 1.29 is 5.11 Å². The molecule has 4 heteroatoms. The van der Waals surface area contributed by atoms with Crippen molar-refractivity contribution in [3.05, 3.63) is 35.9 Å². The summed E-state index contributed by atoms with van der Waals surface area (Å²) in [5.74, 6) is 0.600. The van der Waals surface area contributed by atoms with Crippen LogP contribution in [-0.2, 0) is 0 Å². The standard InChI is InChI=1S/C15H22N2OS/c1-11-7-8-17(14(11)10-18)9-13(15(16)19)12-5-3-2-4-6-12/h2-6,11,13-14,18H,7-10H2,1H3,(H2,16,19). The third kappa shape index (κ3) is 3.32. The van der Waals surface area contributed by atoms with E-state index in [4.69, 9.17) is 18.0 Å². The lowest BCUT2D eigenvalue weighted by atomic mass is 9.97. The van der Waals surface area contributed by atoms with Crippen molar-refractivity contribution in [2.75, 3.05) is 19.7 Å². The summed E-state index contributed by atoms with van der Waals surface area (Å²) >= 11 is 5.23. The maximum Gasteiger partial charge on any atom is 0.0816 e. The molecule has 3 N–H and O–H groups in total. The molecular weight excluding hydrogens is 256 g/mol. The number of aliphatic hydroxyl groups excluding tert-OH is 1. The van der Waals surface area contributed by atoms with Gasteiger partial charge in [-0.2, -0.15) is 0 Å². The topological polar surface area (TPSA) is 49.5 Å². The van der Waals surface area contributed by atoms with Crippen LogP contribution in [0.5, 0.6) is 0 Å². The molecule has 0 radical (unpaired) electrons. The molecular formula is C15H22N2OS. The normalized spacial score (nSPS) is 25.4. The van der Waals surface area contributed by atoms with Crippen LogP contribution in [0.15, 0.2) is 30.3 Å². The smallest absolute Gasteiger partial charge is 0.0816 e. The van der Waals surface area contributed by atoms with E-state index < -0.39 is 0 Å². The molecule has 0 spiro atoms.